The molecule has 4 heteroatoms. The molecule has 0 heterocycles. The predicted molar refractivity (Wildman–Crippen MR) is 61.3 cm³/mol. The summed E-state index contributed by atoms with van der Waals surface area (Å²) in [5, 5.41) is 0. The number of halogens is 2. The van der Waals surface area contributed by atoms with Crippen molar-refractivity contribution in [2.45, 2.75) is 0 Å². The normalized spacial score (nSPS) is 9.80. The zero-order valence-corrected chi connectivity index (χ0v) is 9.92. The van der Waals surface area contributed by atoms with E-state index in [1.165, 1.54) is 23.1 Å². The van der Waals surface area contributed by atoms with Crippen molar-refractivity contribution in [2.24, 2.45) is 0 Å². The van der Waals surface area contributed by atoms with Gasteiger partial charge < -0.3 is 4.90 Å². The second-order valence-corrected chi connectivity index (χ2v) is 3.96. The molecule has 0 unspecified atom stereocenters. The highest BCUT2D eigenvalue weighted by molar-refractivity contribution is 9.10. The molecule has 0 aliphatic heterocycles. The van der Waals surface area contributed by atoms with Gasteiger partial charge in [0.1, 0.15) is 5.82 Å². The van der Waals surface area contributed by atoms with E-state index in [4.69, 9.17) is 0 Å². The van der Waals surface area contributed by atoms with Crippen LogP contribution in [0.4, 0.5) is 4.39 Å². The van der Waals surface area contributed by atoms with Crippen LogP contribution >= 0.6 is 15.9 Å². The molecule has 0 fully saturated rings. The Bertz CT molecular complexity index is 392. The van der Waals surface area contributed by atoms with Crippen molar-refractivity contribution < 1.29 is 9.18 Å². The van der Waals surface area contributed by atoms with Crippen molar-refractivity contribution in [3.63, 3.8) is 0 Å². The number of benzene rings is 1. The molecule has 0 spiro atoms. The molecule has 1 rings (SSSR count). The highest BCUT2D eigenvalue weighted by atomic mass is 79.9. The number of rotatable bonds is 3. The van der Waals surface area contributed by atoms with E-state index in [0.717, 1.165) is 0 Å². The van der Waals surface area contributed by atoms with E-state index in [-0.39, 0.29) is 11.7 Å². The summed E-state index contributed by atoms with van der Waals surface area (Å²) in [5.41, 5.74) is 0.452. The first-order valence-electron chi connectivity index (χ1n) is 4.37. The third kappa shape index (κ3) is 2.89. The van der Waals surface area contributed by atoms with Crippen LogP contribution in [0.15, 0.2) is 35.3 Å². The van der Waals surface area contributed by atoms with Crippen LogP contribution in [0.2, 0.25) is 0 Å². The summed E-state index contributed by atoms with van der Waals surface area (Å²) in [7, 11) is 1.67. The minimum Gasteiger partial charge on any atom is -0.338 e. The molecule has 15 heavy (non-hydrogen) atoms. The van der Waals surface area contributed by atoms with Crippen LogP contribution in [0, 0.1) is 5.82 Å². The van der Waals surface area contributed by atoms with E-state index < -0.39 is 0 Å². The van der Waals surface area contributed by atoms with Crippen LogP contribution in [0.25, 0.3) is 0 Å². The Hall–Kier alpha value is -1.16. The number of nitrogens with zero attached hydrogens (tertiary/aromatic N) is 1. The summed E-state index contributed by atoms with van der Waals surface area (Å²) in [4.78, 5) is 13.2. The molecule has 1 aromatic carbocycles. The Morgan fingerprint density at radius 1 is 1.67 bits per heavy atom. The van der Waals surface area contributed by atoms with Gasteiger partial charge in [0.2, 0.25) is 0 Å². The van der Waals surface area contributed by atoms with Crippen LogP contribution < -0.4 is 0 Å². The number of carbonyl (C=O) groups is 1. The summed E-state index contributed by atoms with van der Waals surface area (Å²) < 4.78 is 13.2. The third-order valence-electron chi connectivity index (χ3n) is 1.92. The monoisotopic (exact) mass is 271 g/mol. The second-order valence-electron chi connectivity index (χ2n) is 3.10. The maximum atomic E-state index is 12.9. The quantitative estimate of drug-likeness (QED) is 0.775. The first-order chi connectivity index (χ1) is 7.06. The zero-order valence-electron chi connectivity index (χ0n) is 8.34. The fourth-order valence-electron chi connectivity index (χ4n) is 1.13. The van der Waals surface area contributed by atoms with Gasteiger partial charge in [0.25, 0.3) is 5.91 Å². The lowest BCUT2D eigenvalue weighted by molar-refractivity contribution is 0.0810. The SMILES string of the molecule is C=CCN(C)C(=O)c1ccc(F)c(Br)c1. The van der Waals surface area contributed by atoms with Gasteiger partial charge in [-0.05, 0) is 34.1 Å². The standard InChI is InChI=1S/C11H11BrFNO/c1-3-6-14(2)11(15)8-4-5-10(13)9(12)7-8/h3-5,7H,1,6H2,2H3. The first kappa shape index (κ1) is 11.9. The van der Waals surface area contributed by atoms with Gasteiger partial charge in [-0.15, -0.1) is 6.58 Å². The third-order valence-corrected chi connectivity index (χ3v) is 2.52. The van der Waals surface area contributed by atoms with Crippen LogP contribution in [-0.4, -0.2) is 24.4 Å². The molecule has 0 aliphatic carbocycles. The minimum atomic E-state index is -0.377. The molecule has 0 N–H and O–H groups in total. The summed E-state index contributed by atoms with van der Waals surface area (Å²) in [6.07, 6.45) is 1.64. The van der Waals surface area contributed by atoms with E-state index in [9.17, 15) is 9.18 Å². The maximum Gasteiger partial charge on any atom is 0.253 e. The van der Waals surface area contributed by atoms with Gasteiger partial charge in [0, 0.05) is 19.2 Å². The van der Waals surface area contributed by atoms with E-state index in [1.54, 1.807) is 13.1 Å². The molecule has 1 amide bonds. The van der Waals surface area contributed by atoms with E-state index in [1.807, 2.05) is 0 Å². The van der Waals surface area contributed by atoms with Crippen molar-refractivity contribution in [3.8, 4) is 0 Å². The van der Waals surface area contributed by atoms with Crippen molar-refractivity contribution in [1.82, 2.24) is 4.90 Å². The van der Waals surface area contributed by atoms with Gasteiger partial charge in [-0.1, -0.05) is 6.08 Å². The zero-order chi connectivity index (χ0) is 11.4. The summed E-state index contributed by atoms with van der Waals surface area (Å²) in [6, 6.07) is 4.19. The van der Waals surface area contributed by atoms with Crippen LogP contribution in [-0.2, 0) is 0 Å². The van der Waals surface area contributed by atoms with E-state index in [2.05, 4.69) is 22.5 Å². The van der Waals surface area contributed by atoms with Gasteiger partial charge >= 0.3 is 0 Å². The Morgan fingerprint density at radius 2 is 2.33 bits per heavy atom. The first-order valence-corrected chi connectivity index (χ1v) is 5.17. The van der Waals surface area contributed by atoms with Gasteiger partial charge in [0.15, 0.2) is 0 Å². The Labute approximate surface area is 96.5 Å². The molecule has 0 radical (unpaired) electrons. The van der Waals surface area contributed by atoms with Crippen LogP contribution in [0.3, 0.4) is 0 Å². The molecule has 0 aromatic heterocycles. The average molecular weight is 272 g/mol. The van der Waals surface area contributed by atoms with Gasteiger partial charge in [-0.25, -0.2) is 4.39 Å². The maximum absolute atomic E-state index is 12.9. The molecule has 0 atom stereocenters. The van der Waals surface area contributed by atoms with Gasteiger partial charge in [0.05, 0.1) is 4.47 Å². The molecule has 80 valence electrons. The second kappa shape index (κ2) is 5.07. The lowest BCUT2D eigenvalue weighted by Crippen LogP contribution is -2.26. The molecule has 0 saturated heterocycles. The molecule has 0 aliphatic rings. The molecule has 0 saturated carbocycles. The van der Waals surface area contributed by atoms with Gasteiger partial charge in [-0.2, -0.15) is 0 Å². The van der Waals surface area contributed by atoms with E-state index >= 15 is 0 Å². The Balaban J connectivity index is 2.91. The smallest absolute Gasteiger partial charge is 0.253 e. The number of carbonyl (C=O) groups excluding carboxylic acids is 1. The van der Waals surface area contributed by atoms with Crippen molar-refractivity contribution in [3.05, 3.63) is 46.7 Å². The number of amides is 1. The van der Waals surface area contributed by atoms with Crippen molar-refractivity contribution in [1.29, 1.82) is 0 Å². The van der Waals surface area contributed by atoms with Crippen LogP contribution in [0.1, 0.15) is 10.4 Å². The average Bonchev–Trinajstić information content (AvgIpc) is 2.21. The topological polar surface area (TPSA) is 20.3 Å². The lowest BCUT2D eigenvalue weighted by Gasteiger charge is -2.14. The predicted octanol–water partition coefficient (Wildman–Crippen LogP) is 2.85. The molecular weight excluding hydrogens is 261 g/mol. The highest BCUT2D eigenvalue weighted by Gasteiger charge is 2.11. The van der Waals surface area contributed by atoms with Crippen molar-refractivity contribution >= 4 is 21.8 Å². The Kier molecular flexibility index (Phi) is 4.03. The fraction of sp³-hybridized carbons (Fsp3) is 0.182. The highest BCUT2D eigenvalue weighted by Crippen LogP contribution is 2.17. The molecule has 0 bridgehead atoms. The number of likely N-dealkylation sites (N-methyl/N-ethyl adjacent to an activating group) is 1. The van der Waals surface area contributed by atoms with Gasteiger partial charge in [-0.3, -0.25) is 4.79 Å². The van der Waals surface area contributed by atoms with Crippen molar-refractivity contribution in [2.75, 3.05) is 13.6 Å². The largest absolute Gasteiger partial charge is 0.338 e. The van der Waals surface area contributed by atoms with Crippen LogP contribution in [0.5, 0.6) is 0 Å². The summed E-state index contributed by atoms with van der Waals surface area (Å²) >= 11 is 3.04. The molecule has 2 nitrogen and oxygen atoms in total. The lowest BCUT2D eigenvalue weighted by atomic mass is 10.2. The number of hydrogen-bond donors (Lipinski definition) is 0. The number of hydrogen-bond acceptors (Lipinski definition) is 1. The fourth-order valence-corrected chi connectivity index (χ4v) is 1.50. The van der Waals surface area contributed by atoms with E-state index in [0.29, 0.717) is 16.6 Å². The Morgan fingerprint density at radius 3 is 2.87 bits per heavy atom. The summed E-state index contributed by atoms with van der Waals surface area (Å²) in [6.45, 7) is 4.01. The molecular formula is C11H11BrFNO. The summed E-state index contributed by atoms with van der Waals surface area (Å²) in [5.74, 6) is -0.534. The minimum absolute atomic E-state index is 0.157. The molecule has 1 aromatic rings.